The third kappa shape index (κ3) is 23.6. The van der Waals surface area contributed by atoms with E-state index >= 15 is 0 Å². The van der Waals surface area contributed by atoms with E-state index < -0.39 is 118 Å². The lowest BCUT2D eigenvalue weighted by Gasteiger charge is -2.46. The Labute approximate surface area is 421 Å². The summed E-state index contributed by atoms with van der Waals surface area (Å²) in [7, 11) is 0. The van der Waals surface area contributed by atoms with Gasteiger partial charge < -0.3 is 75.0 Å². The molecule has 16 heteroatoms. The largest absolute Gasteiger partial charge is 0.394 e. The van der Waals surface area contributed by atoms with Gasteiger partial charge in [0.1, 0.15) is 54.9 Å². The molecular weight excluding hydrogens is 903 g/mol. The highest BCUT2D eigenvalue weighted by atomic mass is 16.8. The summed E-state index contributed by atoms with van der Waals surface area (Å²) in [5, 5.41) is 98.8. The second kappa shape index (κ2) is 38.5. The maximum atomic E-state index is 13.6. The summed E-state index contributed by atoms with van der Waals surface area (Å²) in [6.45, 7) is 2.57. The molecular formula is C54H103NO15. The second-order valence-corrected chi connectivity index (χ2v) is 20.9. The number of carbonyl (C=O) groups excluding carboxylic acids is 1. The summed E-state index contributed by atoms with van der Waals surface area (Å²) in [4.78, 5) is 13.6. The monoisotopic (exact) mass is 1010 g/mol. The van der Waals surface area contributed by atoms with Crippen molar-refractivity contribution in [1.82, 2.24) is 5.32 Å². The number of ether oxygens (including phenoxy) is 5. The SMILES string of the molecule is CCCCCCCCCCCCCCCCCCCCCC1O[C@H](CCCCCCCCCCCCCC)[C@@H](O)[C@H](COC2OC(CO)C(O)C(O)C2OC2OC(CO)C(O)C(O)C2O)NC(=O)[C@@H]1O. The number of aliphatic hydroxyl groups excluding tert-OH is 9. The molecule has 15 atom stereocenters. The maximum absolute atomic E-state index is 13.6. The van der Waals surface area contributed by atoms with E-state index in [4.69, 9.17) is 23.7 Å². The molecule has 0 bridgehead atoms. The Kier molecular flexibility index (Phi) is 34.7. The Morgan fingerprint density at radius 1 is 0.414 bits per heavy atom. The van der Waals surface area contributed by atoms with Crippen molar-refractivity contribution in [1.29, 1.82) is 0 Å². The minimum atomic E-state index is -1.85. The van der Waals surface area contributed by atoms with Gasteiger partial charge in [-0.3, -0.25) is 4.79 Å². The van der Waals surface area contributed by atoms with Gasteiger partial charge in [-0.25, -0.2) is 0 Å². The zero-order valence-electron chi connectivity index (χ0n) is 43.6. The number of amides is 1. The summed E-state index contributed by atoms with van der Waals surface area (Å²) in [6.07, 6.45) is 18.0. The smallest absolute Gasteiger partial charge is 0.251 e. The Balaban J connectivity index is 1.53. The van der Waals surface area contributed by atoms with Gasteiger partial charge in [0.2, 0.25) is 0 Å². The Morgan fingerprint density at radius 2 is 0.786 bits per heavy atom. The molecule has 0 aromatic rings. The van der Waals surface area contributed by atoms with Gasteiger partial charge in [-0.1, -0.05) is 213 Å². The van der Waals surface area contributed by atoms with Crippen LogP contribution in [-0.4, -0.2) is 164 Å². The first-order valence-electron chi connectivity index (χ1n) is 28.5. The third-order valence-corrected chi connectivity index (χ3v) is 14.9. The summed E-state index contributed by atoms with van der Waals surface area (Å²) in [6, 6.07) is -1.14. The summed E-state index contributed by atoms with van der Waals surface area (Å²) >= 11 is 0. The molecule has 3 aliphatic rings. The van der Waals surface area contributed by atoms with Crippen molar-refractivity contribution in [3.8, 4) is 0 Å². The standard InChI is InChI=1S/C54H103NO15/c1-3-5-7-9-11-13-15-17-18-19-20-21-22-23-25-27-29-31-33-35-41-47(61)52(65)55-39(44(58)40(67-41)34-32-30-28-26-24-16-14-12-10-8-6-4-2)38-66-54-51(49(63)46(60)43(37-57)69-54)70-53-50(64)48(62)45(59)42(36-56)68-53/h39-51,53-54,56-64H,3-38H2,1-2H3,(H,55,65)/t39-,40+,41?,42?,43?,44-,45?,46?,47+,48?,49?,50?,51?,53?,54?/m0/s1. The first-order valence-corrected chi connectivity index (χ1v) is 28.5. The van der Waals surface area contributed by atoms with Crippen LogP contribution in [0.25, 0.3) is 0 Å². The van der Waals surface area contributed by atoms with Gasteiger partial charge in [-0.15, -0.1) is 0 Å². The first-order chi connectivity index (χ1) is 34.0. The molecule has 0 radical (unpaired) electrons. The van der Waals surface area contributed by atoms with Crippen LogP contribution < -0.4 is 5.32 Å². The highest BCUT2D eigenvalue weighted by Gasteiger charge is 2.51. The lowest BCUT2D eigenvalue weighted by Crippen LogP contribution is -2.65. The van der Waals surface area contributed by atoms with Crippen molar-refractivity contribution in [2.45, 2.75) is 318 Å². The molecule has 3 aliphatic heterocycles. The number of hydrogen-bond donors (Lipinski definition) is 10. The number of nitrogens with one attached hydrogen (secondary N) is 1. The number of hydrogen-bond acceptors (Lipinski definition) is 15. The fourth-order valence-corrected chi connectivity index (χ4v) is 10.2. The molecule has 10 N–H and O–H groups in total. The molecule has 11 unspecified atom stereocenters. The van der Waals surface area contributed by atoms with E-state index in [2.05, 4.69) is 19.2 Å². The molecule has 414 valence electrons. The highest BCUT2D eigenvalue weighted by Crippen LogP contribution is 2.31. The summed E-state index contributed by atoms with van der Waals surface area (Å²) in [5.74, 6) is -0.748. The fourth-order valence-electron chi connectivity index (χ4n) is 10.2. The predicted octanol–water partition coefficient (Wildman–Crippen LogP) is 6.51. The normalized spacial score (nSPS) is 31.9. The van der Waals surface area contributed by atoms with E-state index in [0.29, 0.717) is 12.8 Å². The van der Waals surface area contributed by atoms with Crippen molar-refractivity contribution >= 4 is 5.91 Å². The topological polar surface area (TPSA) is 257 Å². The van der Waals surface area contributed by atoms with Crippen LogP contribution >= 0.6 is 0 Å². The van der Waals surface area contributed by atoms with Crippen molar-refractivity contribution < 1.29 is 74.4 Å². The van der Waals surface area contributed by atoms with Crippen LogP contribution in [0.3, 0.4) is 0 Å². The van der Waals surface area contributed by atoms with E-state index in [1.807, 2.05) is 0 Å². The van der Waals surface area contributed by atoms with Crippen molar-refractivity contribution in [3.05, 3.63) is 0 Å². The van der Waals surface area contributed by atoms with Crippen molar-refractivity contribution in [2.75, 3.05) is 19.8 Å². The Morgan fingerprint density at radius 3 is 1.20 bits per heavy atom. The van der Waals surface area contributed by atoms with Crippen LogP contribution in [0, 0.1) is 0 Å². The van der Waals surface area contributed by atoms with E-state index in [-0.39, 0.29) is 0 Å². The molecule has 0 aromatic carbocycles. The van der Waals surface area contributed by atoms with Crippen LogP contribution in [-0.2, 0) is 28.5 Å². The Hall–Kier alpha value is -1.09. The van der Waals surface area contributed by atoms with E-state index in [1.54, 1.807) is 0 Å². The van der Waals surface area contributed by atoms with Crippen molar-refractivity contribution in [2.24, 2.45) is 0 Å². The second-order valence-electron chi connectivity index (χ2n) is 20.9. The summed E-state index contributed by atoms with van der Waals surface area (Å²) in [5.41, 5.74) is 0. The number of unbranched alkanes of at least 4 members (excludes halogenated alkanes) is 29. The van der Waals surface area contributed by atoms with Gasteiger partial charge in [0.25, 0.3) is 5.91 Å². The third-order valence-electron chi connectivity index (χ3n) is 14.9. The van der Waals surface area contributed by atoms with Crippen LogP contribution in [0.15, 0.2) is 0 Å². The van der Waals surface area contributed by atoms with Crippen LogP contribution in [0.1, 0.15) is 226 Å². The molecule has 16 nitrogen and oxygen atoms in total. The van der Waals surface area contributed by atoms with Gasteiger partial charge >= 0.3 is 0 Å². The van der Waals surface area contributed by atoms with E-state index in [1.165, 1.54) is 148 Å². The molecule has 0 spiro atoms. The molecule has 0 saturated carbocycles. The number of rotatable bonds is 40. The number of aliphatic hydroxyl groups is 9. The average Bonchev–Trinajstić information content (AvgIpc) is 3.36. The van der Waals surface area contributed by atoms with Gasteiger partial charge in [0, 0.05) is 0 Å². The fraction of sp³-hybridized carbons (Fsp3) is 0.981. The van der Waals surface area contributed by atoms with E-state index in [0.717, 1.165) is 51.4 Å². The van der Waals surface area contributed by atoms with E-state index in [9.17, 15) is 50.8 Å². The zero-order valence-corrected chi connectivity index (χ0v) is 43.6. The molecule has 70 heavy (non-hydrogen) atoms. The Bertz CT molecular complexity index is 1270. The van der Waals surface area contributed by atoms with Gasteiger partial charge in [-0.2, -0.15) is 0 Å². The predicted molar refractivity (Wildman–Crippen MR) is 269 cm³/mol. The van der Waals surface area contributed by atoms with Crippen molar-refractivity contribution in [3.63, 3.8) is 0 Å². The molecule has 1 amide bonds. The van der Waals surface area contributed by atoms with Crippen LogP contribution in [0.2, 0.25) is 0 Å². The first kappa shape index (κ1) is 63.2. The molecule has 0 aromatic heterocycles. The molecule has 3 fully saturated rings. The van der Waals surface area contributed by atoms with Crippen LogP contribution in [0.4, 0.5) is 0 Å². The van der Waals surface area contributed by atoms with Crippen LogP contribution in [0.5, 0.6) is 0 Å². The highest BCUT2D eigenvalue weighted by molar-refractivity contribution is 5.81. The number of carbonyl (C=O) groups is 1. The van der Waals surface area contributed by atoms with Gasteiger partial charge in [0.15, 0.2) is 18.7 Å². The maximum Gasteiger partial charge on any atom is 0.251 e. The lowest BCUT2D eigenvalue weighted by atomic mass is 9.95. The lowest BCUT2D eigenvalue weighted by molar-refractivity contribution is -0.368. The average molecular weight is 1010 g/mol. The zero-order chi connectivity index (χ0) is 50.9. The molecule has 3 saturated heterocycles. The minimum absolute atomic E-state index is 0.450. The minimum Gasteiger partial charge on any atom is -0.394 e. The van der Waals surface area contributed by atoms with Gasteiger partial charge in [-0.05, 0) is 12.8 Å². The molecule has 3 heterocycles. The summed E-state index contributed by atoms with van der Waals surface area (Å²) < 4.78 is 29.6. The molecule has 3 rings (SSSR count). The van der Waals surface area contributed by atoms with Gasteiger partial charge in [0.05, 0.1) is 38.1 Å². The molecule has 0 aliphatic carbocycles. The quantitative estimate of drug-likeness (QED) is 0.0294.